The third kappa shape index (κ3) is 2.44. The molecule has 0 aromatic carbocycles. The van der Waals surface area contributed by atoms with Crippen LogP contribution in [0, 0.1) is 0 Å². The maximum Gasteiger partial charge on any atom is 0.243 e. The molecule has 19 heavy (non-hydrogen) atoms. The molecule has 3 heterocycles. The molecule has 1 amide bonds. The van der Waals surface area contributed by atoms with Crippen LogP contribution >= 0.6 is 11.8 Å². The highest BCUT2D eigenvalue weighted by Gasteiger charge is 2.30. The average molecular weight is 272 g/mol. The second-order valence-corrected chi connectivity index (χ2v) is 5.36. The van der Waals surface area contributed by atoms with Crippen molar-refractivity contribution in [3.05, 3.63) is 42.6 Å². The molecule has 1 fully saturated rings. The summed E-state index contributed by atoms with van der Waals surface area (Å²) in [6.45, 7) is 4.29. The van der Waals surface area contributed by atoms with Crippen LogP contribution in [0.15, 0.2) is 41.8 Å². The van der Waals surface area contributed by atoms with Crippen molar-refractivity contribution >= 4 is 29.0 Å². The normalized spacial score (nSPS) is 22.8. The summed E-state index contributed by atoms with van der Waals surface area (Å²) < 4.78 is 0. The Hall–Kier alpha value is -1.95. The smallest absolute Gasteiger partial charge is 0.243 e. The number of hydrogen-bond acceptors (Lipinski definition) is 5. The summed E-state index contributed by atoms with van der Waals surface area (Å²) in [6, 6.07) is 1.77. The molecule has 96 valence electrons. The average Bonchev–Trinajstić information content (AvgIpc) is 2.89. The number of aliphatic imine (C=N–C) groups is 1. The lowest BCUT2D eigenvalue weighted by molar-refractivity contribution is -0.118. The summed E-state index contributed by atoms with van der Waals surface area (Å²) in [5.74, 6) is 1.35. The van der Waals surface area contributed by atoms with Crippen molar-refractivity contribution in [2.75, 3.05) is 12.3 Å². The number of aromatic nitrogens is 2. The third-order valence-corrected chi connectivity index (χ3v) is 4.14. The number of carbonyl (C=O) groups is 1. The number of carbonyl (C=O) groups excluding carboxylic acids is 1. The van der Waals surface area contributed by atoms with Crippen molar-refractivity contribution in [1.82, 2.24) is 15.3 Å². The Morgan fingerprint density at radius 2 is 2.16 bits per heavy atom. The van der Waals surface area contributed by atoms with Crippen molar-refractivity contribution in [1.29, 1.82) is 0 Å². The Morgan fingerprint density at radius 3 is 2.89 bits per heavy atom. The first kappa shape index (κ1) is 12.1. The Kier molecular flexibility index (Phi) is 3.16. The molecule has 1 unspecified atom stereocenters. The van der Waals surface area contributed by atoms with E-state index in [1.807, 2.05) is 6.08 Å². The topological polar surface area (TPSA) is 67.2 Å². The molecule has 0 saturated carbocycles. The number of hydrogen-bond donors (Lipinski definition) is 1. The van der Waals surface area contributed by atoms with Crippen molar-refractivity contribution in [3.63, 3.8) is 0 Å². The minimum absolute atomic E-state index is 0.0496. The number of allylic oxidation sites excluding steroid dienone is 1. The van der Waals surface area contributed by atoms with Gasteiger partial charge >= 0.3 is 0 Å². The summed E-state index contributed by atoms with van der Waals surface area (Å²) >= 11 is 1.55. The van der Waals surface area contributed by atoms with Gasteiger partial charge in [0, 0.05) is 29.4 Å². The highest BCUT2D eigenvalue weighted by molar-refractivity contribution is 8.01. The van der Waals surface area contributed by atoms with Gasteiger partial charge in [-0.15, -0.1) is 11.8 Å². The molecule has 1 saturated heterocycles. The molecular formula is C13H12N4OS. The number of nitrogens with zero attached hydrogens (tertiary/aromatic N) is 3. The van der Waals surface area contributed by atoms with Crippen LogP contribution in [0.5, 0.6) is 0 Å². The van der Waals surface area contributed by atoms with Crippen LogP contribution < -0.4 is 5.32 Å². The van der Waals surface area contributed by atoms with E-state index in [-0.39, 0.29) is 11.2 Å². The second-order valence-electron chi connectivity index (χ2n) is 4.27. The van der Waals surface area contributed by atoms with E-state index in [4.69, 9.17) is 0 Å². The van der Waals surface area contributed by atoms with E-state index < -0.39 is 0 Å². The van der Waals surface area contributed by atoms with E-state index in [2.05, 4.69) is 26.9 Å². The highest BCUT2D eigenvalue weighted by atomic mass is 32.2. The fraction of sp³-hybridized carbons (Fsp3) is 0.231. The Labute approximate surface area is 114 Å². The molecule has 0 spiro atoms. The molecule has 6 heteroatoms. The zero-order valence-electron chi connectivity index (χ0n) is 10.2. The lowest BCUT2D eigenvalue weighted by Crippen LogP contribution is -2.41. The Bertz CT molecular complexity index is 594. The molecule has 5 nitrogen and oxygen atoms in total. The van der Waals surface area contributed by atoms with Crippen molar-refractivity contribution in [2.45, 2.75) is 5.25 Å². The summed E-state index contributed by atoms with van der Waals surface area (Å²) in [7, 11) is 0. The van der Waals surface area contributed by atoms with Gasteiger partial charge in [0.05, 0.1) is 12.3 Å². The molecule has 2 aliphatic rings. The van der Waals surface area contributed by atoms with E-state index in [1.165, 1.54) is 0 Å². The highest BCUT2D eigenvalue weighted by Crippen LogP contribution is 2.25. The van der Waals surface area contributed by atoms with Crippen LogP contribution in [0.4, 0.5) is 0 Å². The fourth-order valence-corrected chi connectivity index (χ4v) is 2.92. The lowest BCUT2D eigenvalue weighted by Gasteiger charge is -2.22. The molecule has 1 atom stereocenters. The van der Waals surface area contributed by atoms with Crippen molar-refractivity contribution < 1.29 is 4.79 Å². The van der Waals surface area contributed by atoms with Crippen molar-refractivity contribution in [3.8, 4) is 0 Å². The lowest BCUT2D eigenvalue weighted by atomic mass is 10.2. The van der Waals surface area contributed by atoms with Gasteiger partial charge in [0.15, 0.2) is 5.82 Å². The number of nitrogens with one attached hydrogen (secondary N) is 1. The van der Waals surface area contributed by atoms with E-state index in [1.54, 1.807) is 30.2 Å². The van der Waals surface area contributed by atoms with Crippen molar-refractivity contribution in [2.24, 2.45) is 4.99 Å². The molecule has 1 N–H and O–H groups in total. The largest absolute Gasteiger partial charge is 0.328 e. The molecule has 3 rings (SSSR count). The molecule has 2 aliphatic heterocycles. The second kappa shape index (κ2) is 4.97. The van der Waals surface area contributed by atoms with Gasteiger partial charge in [0.25, 0.3) is 0 Å². The van der Waals surface area contributed by atoms with Crippen LogP contribution in [-0.4, -0.2) is 39.1 Å². The van der Waals surface area contributed by atoms with Gasteiger partial charge in [0.2, 0.25) is 5.91 Å². The molecular weight excluding hydrogens is 260 g/mol. The molecule has 1 aromatic rings. The first-order chi connectivity index (χ1) is 9.24. The summed E-state index contributed by atoms with van der Waals surface area (Å²) in [5.41, 5.74) is 2.49. The number of amides is 1. The molecule has 0 bridgehead atoms. The summed E-state index contributed by atoms with van der Waals surface area (Å²) in [5, 5.41) is 2.51. The van der Waals surface area contributed by atoms with Gasteiger partial charge in [-0.05, 0) is 12.1 Å². The first-order valence-electron chi connectivity index (χ1n) is 5.86. The first-order valence-corrected chi connectivity index (χ1v) is 6.91. The minimum Gasteiger partial charge on any atom is -0.328 e. The Morgan fingerprint density at radius 1 is 1.37 bits per heavy atom. The zero-order chi connectivity index (χ0) is 13.2. The van der Waals surface area contributed by atoms with E-state index in [0.29, 0.717) is 12.4 Å². The number of rotatable bonds is 2. The molecule has 1 aromatic heterocycles. The van der Waals surface area contributed by atoms with E-state index in [9.17, 15) is 4.79 Å². The maximum absolute atomic E-state index is 11.9. The third-order valence-electron chi connectivity index (χ3n) is 2.84. The summed E-state index contributed by atoms with van der Waals surface area (Å²) in [4.78, 5) is 24.7. The number of thioether (sulfide) groups is 1. The van der Waals surface area contributed by atoms with E-state index >= 15 is 0 Å². The molecule has 0 aliphatic carbocycles. The van der Waals surface area contributed by atoms with Crippen LogP contribution in [0.1, 0.15) is 5.82 Å². The molecule has 0 radical (unpaired) electrons. The van der Waals surface area contributed by atoms with Gasteiger partial charge in [-0.2, -0.15) is 0 Å². The predicted molar refractivity (Wildman–Crippen MR) is 75.8 cm³/mol. The van der Waals surface area contributed by atoms with Crippen LogP contribution in [0.3, 0.4) is 0 Å². The van der Waals surface area contributed by atoms with Gasteiger partial charge < -0.3 is 5.32 Å². The SMILES string of the molecule is C=C1CSC(C2=NCC(c3ncccn3)=C2)C(=O)N1. The standard InChI is InChI=1S/C13H12N4OS/c1-8-7-19-11(13(18)17-8)10-5-9(6-16-10)12-14-3-2-4-15-12/h2-5,11H,1,6-7H2,(H,17,18). The van der Waals surface area contributed by atoms with Gasteiger partial charge in [-0.1, -0.05) is 6.58 Å². The quantitative estimate of drug-likeness (QED) is 0.874. The van der Waals surface area contributed by atoms with E-state index in [0.717, 1.165) is 22.7 Å². The van der Waals surface area contributed by atoms with Crippen LogP contribution in [0.25, 0.3) is 5.57 Å². The maximum atomic E-state index is 11.9. The van der Waals surface area contributed by atoms with Gasteiger partial charge in [-0.3, -0.25) is 9.79 Å². The van der Waals surface area contributed by atoms with Crippen LogP contribution in [-0.2, 0) is 4.79 Å². The van der Waals surface area contributed by atoms with Gasteiger partial charge in [-0.25, -0.2) is 9.97 Å². The zero-order valence-corrected chi connectivity index (χ0v) is 11.0. The minimum atomic E-state index is -0.258. The predicted octanol–water partition coefficient (Wildman–Crippen LogP) is 1.06. The van der Waals surface area contributed by atoms with Crippen LogP contribution in [0.2, 0.25) is 0 Å². The summed E-state index contributed by atoms with van der Waals surface area (Å²) in [6.07, 6.45) is 5.32. The van der Waals surface area contributed by atoms with Gasteiger partial charge in [0.1, 0.15) is 5.25 Å². The monoisotopic (exact) mass is 272 g/mol. The Balaban J connectivity index is 1.79. The fourth-order valence-electron chi connectivity index (χ4n) is 1.96.